The number of hydrogen-bond acceptors (Lipinski definition) is 5. The summed E-state index contributed by atoms with van der Waals surface area (Å²) < 4.78 is 31.9. The Morgan fingerprint density at radius 3 is 2.77 bits per heavy atom. The molecule has 22 heavy (non-hydrogen) atoms. The Hall–Kier alpha value is -2.32. The molecule has 0 atom stereocenters. The molecule has 0 unspecified atom stereocenters. The molecule has 1 aromatic heterocycles. The van der Waals surface area contributed by atoms with Gasteiger partial charge in [0.25, 0.3) is 10.0 Å². The average Bonchev–Trinajstić information content (AvgIpc) is 2.48. The Morgan fingerprint density at radius 2 is 2.09 bits per heavy atom. The smallest absolute Gasteiger partial charge is 0.262 e. The quantitative estimate of drug-likeness (QED) is 0.774. The highest BCUT2D eigenvalue weighted by Gasteiger charge is 2.16. The van der Waals surface area contributed by atoms with E-state index < -0.39 is 15.9 Å². The van der Waals surface area contributed by atoms with Crippen LogP contribution in [0, 0.1) is 0 Å². The van der Waals surface area contributed by atoms with Gasteiger partial charge in [0.2, 0.25) is 5.91 Å². The number of benzene rings is 1. The van der Waals surface area contributed by atoms with Crippen LogP contribution in [0.3, 0.4) is 0 Å². The van der Waals surface area contributed by atoms with Crippen LogP contribution in [-0.2, 0) is 10.0 Å². The van der Waals surface area contributed by atoms with Gasteiger partial charge in [0.1, 0.15) is 5.75 Å². The lowest BCUT2D eigenvalue weighted by molar-refractivity contribution is 0.1000. The number of halogens is 1. The highest BCUT2D eigenvalue weighted by Crippen LogP contribution is 2.20. The summed E-state index contributed by atoms with van der Waals surface area (Å²) in [5.74, 6) is -0.382. The van der Waals surface area contributed by atoms with E-state index in [1.165, 1.54) is 36.7 Å². The number of carbonyl (C=O) groups excluding carboxylic acids is 1. The third-order valence-corrected chi connectivity index (χ3v) is 4.10. The zero-order valence-electron chi connectivity index (χ0n) is 11.2. The molecule has 116 valence electrons. The standard InChI is InChI=1S/C13H12ClN3O4S/c14-8-21-11-2-1-3-12(5-11)22(19,20)17-10-4-9(13(15)18)6-16-7-10/h1-7,17H,8H2,(H2,15,18). The maximum absolute atomic E-state index is 12.3. The number of pyridine rings is 1. The van der Waals surface area contributed by atoms with Crippen molar-refractivity contribution < 1.29 is 17.9 Å². The molecule has 0 aliphatic carbocycles. The molecule has 0 radical (unpaired) electrons. The van der Waals surface area contributed by atoms with Gasteiger partial charge < -0.3 is 10.5 Å². The van der Waals surface area contributed by atoms with E-state index in [1.807, 2.05) is 0 Å². The summed E-state index contributed by atoms with van der Waals surface area (Å²) in [6.45, 7) is 0. The second-order valence-electron chi connectivity index (χ2n) is 4.16. The molecule has 2 aromatic rings. The maximum Gasteiger partial charge on any atom is 0.262 e. The van der Waals surface area contributed by atoms with Crippen LogP contribution in [-0.4, -0.2) is 25.4 Å². The molecule has 3 N–H and O–H groups in total. The molecule has 0 saturated heterocycles. The van der Waals surface area contributed by atoms with E-state index in [0.29, 0.717) is 5.75 Å². The van der Waals surface area contributed by atoms with Crippen molar-refractivity contribution in [3.63, 3.8) is 0 Å². The number of rotatable bonds is 6. The van der Waals surface area contributed by atoms with E-state index in [-0.39, 0.29) is 22.2 Å². The number of primary amides is 1. The van der Waals surface area contributed by atoms with Crippen LogP contribution in [0.4, 0.5) is 5.69 Å². The summed E-state index contributed by atoms with van der Waals surface area (Å²) in [6.07, 6.45) is 2.51. The SMILES string of the molecule is NC(=O)c1cncc(NS(=O)(=O)c2cccc(OCCl)c2)c1. The molecule has 2 rings (SSSR count). The van der Waals surface area contributed by atoms with Crippen molar-refractivity contribution in [1.82, 2.24) is 4.98 Å². The minimum absolute atomic E-state index is 0.0143. The first-order chi connectivity index (χ1) is 10.4. The molecular formula is C13H12ClN3O4S. The molecule has 1 amide bonds. The first kappa shape index (κ1) is 16.1. The Bertz CT molecular complexity index is 795. The topological polar surface area (TPSA) is 111 Å². The maximum atomic E-state index is 12.3. The van der Waals surface area contributed by atoms with E-state index in [9.17, 15) is 13.2 Å². The molecule has 0 spiro atoms. The van der Waals surface area contributed by atoms with Gasteiger partial charge in [-0.25, -0.2) is 8.42 Å². The molecular weight excluding hydrogens is 330 g/mol. The van der Waals surface area contributed by atoms with Crippen LogP contribution in [0.15, 0.2) is 47.6 Å². The lowest BCUT2D eigenvalue weighted by Gasteiger charge is -2.09. The number of hydrogen-bond donors (Lipinski definition) is 2. The summed E-state index contributed by atoms with van der Waals surface area (Å²) in [5.41, 5.74) is 5.35. The summed E-state index contributed by atoms with van der Waals surface area (Å²) in [5, 5.41) is 0. The molecule has 1 aromatic carbocycles. The van der Waals surface area contributed by atoms with E-state index in [0.717, 1.165) is 0 Å². The van der Waals surface area contributed by atoms with Gasteiger partial charge in [0.05, 0.1) is 22.3 Å². The average molecular weight is 342 g/mol. The second kappa shape index (κ2) is 6.63. The van der Waals surface area contributed by atoms with Gasteiger partial charge in [-0.05, 0) is 18.2 Å². The number of nitrogens with two attached hydrogens (primary N) is 1. The van der Waals surface area contributed by atoms with Crippen molar-refractivity contribution in [1.29, 1.82) is 0 Å². The predicted octanol–water partition coefficient (Wildman–Crippen LogP) is 1.56. The van der Waals surface area contributed by atoms with Gasteiger partial charge in [-0.3, -0.25) is 14.5 Å². The minimum Gasteiger partial charge on any atom is -0.478 e. The fourth-order valence-electron chi connectivity index (χ4n) is 1.64. The molecule has 1 heterocycles. The second-order valence-corrected chi connectivity index (χ2v) is 6.06. The van der Waals surface area contributed by atoms with E-state index in [1.54, 1.807) is 6.07 Å². The van der Waals surface area contributed by atoms with Crippen molar-refractivity contribution in [3.8, 4) is 5.75 Å². The van der Waals surface area contributed by atoms with Crippen molar-refractivity contribution in [2.45, 2.75) is 4.90 Å². The van der Waals surface area contributed by atoms with Gasteiger partial charge in [-0.1, -0.05) is 17.7 Å². The Kier molecular flexibility index (Phi) is 4.84. The third-order valence-electron chi connectivity index (χ3n) is 2.61. The zero-order chi connectivity index (χ0) is 16.2. The lowest BCUT2D eigenvalue weighted by Crippen LogP contribution is -2.15. The number of carbonyl (C=O) groups is 1. The Balaban J connectivity index is 2.29. The lowest BCUT2D eigenvalue weighted by atomic mass is 10.2. The van der Waals surface area contributed by atoms with Gasteiger partial charge in [0, 0.05) is 12.3 Å². The summed E-state index contributed by atoms with van der Waals surface area (Å²) in [6, 6.07) is 7.03. The highest BCUT2D eigenvalue weighted by atomic mass is 35.5. The predicted molar refractivity (Wildman–Crippen MR) is 81.4 cm³/mol. The molecule has 7 nitrogen and oxygen atoms in total. The van der Waals surface area contributed by atoms with Gasteiger partial charge in [-0.2, -0.15) is 0 Å². The Labute approximate surface area is 132 Å². The van der Waals surface area contributed by atoms with Crippen LogP contribution in [0.2, 0.25) is 0 Å². The summed E-state index contributed by atoms with van der Waals surface area (Å²) in [4.78, 5) is 14.8. The first-order valence-electron chi connectivity index (χ1n) is 5.99. The number of nitrogens with zero attached hydrogens (tertiary/aromatic N) is 1. The van der Waals surface area contributed by atoms with E-state index >= 15 is 0 Å². The number of amides is 1. The summed E-state index contributed by atoms with van der Waals surface area (Å²) in [7, 11) is -3.86. The number of sulfonamides is 1. The van der Waals surface area contributed by atoms with Crippen molar-refractivity contribution >= 4 is 33.2 Å². The van der Waals surface area contributed by atoms with Crippen molar-refractivity contribution in [2.24, 2.45) is 5.73 Å². The molecule has 0 saturated carbocycles. The Morgan fingerprint density at radius 1 is 1.32 bits per heavy atom. The number of alkyl halides is 1. The van der Waals surface area contributed by atoms with E-state index in [2.05, 4.69) is 9.71 Å². The fourth-order valence-corrected chi connectivity index (χ4v) is 2.83. The van der Waals surface area contributed by atoms with Gasteiger partial charge in [0.15, 0.2) is 6.07 Å². The normalized spacial score (nSPS) is 11.0. The van der Waals surface area contributed by atoms with Crippen LogP contribution < -0.4 is 15.2 Å². The van der Waals surface area contributed by atoms with Crippen molar-refractivity contribution in [2.75, 3.05) is 10.8 Å². The fraction of sp³-hybridized carbons (Fsp3) is 0.0769. The monoisotopic (exact) mass is 341 g/mol. The molecule has 9 heteroatoms. The first-order valence-corrected chi connectivity index (χ1v) is 8.00. The largest absolute Gasteiger partial charge is 0.478 e. The number of aromatic nitrogens is 1. The summed E-state index contributed by atoms with van der Waals surface area (Å²) >= 11 is 5.44. The molecule has 0 fully saturated rings. The van der Waals surface area contributed by atoms with Crippen LogP contribution in [0.25, 0.3) is 0 Å². The number of nitrogens with one attached hydrogen (secondary N) is 1. The van der Waals surface area contributed by atoms with Gasteiger partial charge in [-0.15, -0.1) is 0 Å². The number of ether oxygens (including phenoxy) is 1. The molecule has 0 aliphatic rings. The molecule has 0 bridgehead atoms. The zero-order valence-corrected chi connectivity index (χ0v) is 12.8. The van der Waals surface area contributed by atoms with E-state index in [4.69, 9.17) is 22.1 Å². The minimum atomic E-state index is -3.86. The number of anilines is 1. The van der Waals surface area contributed by atoms with Crippen molar-refractivity contribution in [3.05, 3.63) is 48.3 Å². The third kappa shape index (κ3) is 3.86. The van der Waals surface area contributed by atoms with Crippen LogP contribution >= 0.6 is 11.6 Å². The highest BCUT2D eigenvalue weighted by molar-refractivity contribution is 7.92. The van der Waals surface area contributed by atoms with Gasteiger partial charge >= 0.3 is 0 Å². The molecule has 0 aliphatic heterocycles. The van der Waals surface area contributed by atoms with Crippen LogP contribution in [0.5, 0.6) is 5.75 Å². The van der Waals surface area contributed by atoms with Crippen LogP contribution in [0.1, 0.15) is 10.4 Å².